The molecule has 1 aromatic rings. The zero-order valence-electron chi connectivity index (χ0n) is 11.1. The van der Waals surface area contributed by atoms with Crippen molar-refractivity contribution in [3.8, 4) is 5.75 Å². The fourth-order valence-corrected chi connectivity index (χ4v) is 5.73. The van der Waals surface area contributed by atoms with Crippen LogP contribution in [0, 0.1) is 0 Å². The molecule has 7 nitrogen and oxygen atoms in total. The van der Waals surface area contributed by atoms with Gasteiger partial charge in [-0.05, 0) is 18.6 Å². The Hall–Kier alpha value is -0.870. The lowest BCUT2D eigenvalue weighted by Crippen LogP contribution is -2.38. The first kappa shape index (κ1) is 16.5. The van der Waals surface area contributed by atoms with E-state index in [1.807, 2.05) is 0 Å². The summed E-state index contributed by atoms with van der Waals surface area (Å²) in [6, 6.07) is 4.05. The number of sulfonamides is 2. The van der Waals surface area contributed by atoms with Gasteiger partial charge in [-0.2, -0.15) is 0 Å². The molecule has 1 saturated heterocycles. The molecule has 1 fully saturated rings. The molecule has 0 aliphatic carbocycles. The van der Waals surface area contributed by atoms with E-state index in [-0.39, 0.29) is 35.3 Å². The number of nitrogens with one attached hydrogen (secondary N) is 1. The van der Waals surface area contributed by atoms with Crippen LogP contribution in [0.15, 0.2) is 23.1 Å². The molecule has 0 radical (unpaired) electrons. The predicted molar refractivity (Wildman–Crippen MR) is 76.5 cm³/mol. The summed E-state index contributed by atoms with van der Waals surface area (Å²) in [4.78, 5) is -0.333. The number of benzene rings is 1. The van der Waals surface area contributed by atoms with Crippen molar-refractivity contribution >= 4 is 31.6 Å². The molecule has 0 amide bonds. The maximum Gasteiger partial charge on any atom is 0.257 e. The van der Waals surface area contributed by atoms with E-state index < -0.39 is 25.3 Å². The number of para-hydroxylation sites is 1. The lowest BCUT2D eigenvalue weighted by atomic mass is 10.3. The Morgan fingerprint density at radius 2 is 2.05 bits per heavy atom. The lowest BCUT2D eigenvalue weighted by Gasteiger charge is -2.14. The van der Waals surface area contributed by atoms with Gasteiger partial charge in [-0.15, -0.1) is 4.13 Å². The number of halogens is 1. The molecule has 10 heteroatoms. The number of ether oxygens (including phenoxy) is 2. The Labute approximate surface area is 128 Å². The quantitative estimate of drug-likeness (QED) is 0.836. The second kappa shape index (κ2) is 6.09. The molecular weight excluding hydrogens is 342 g/mol. The van der Waals surface area contributed by atoms with Crippen LogP contribution >= 0.6 is 11.6 Å². The molecule has 0 spiro atoms. The smallest absolute Gasteiger partial charge is 0.257 e. The van der Waals surface area contributed by atoms with Gasteiger partial charge in [0.05, 0.1) is 18.7 Å². The van der Waals surface area contributed by atoms with Crippen LogP contribution in [0.3, 0.4) is 0 Å². The highest BCUT2D eigenvalue weighted by atomic mass is 35.5. The fourth-order valence-electron chi connectivity index (χ4n) is 1.92. The Bertz CT molecular complexity index is 725. The van der Waals surface area contributed by atoms with E-state index in [9.17, 15) is 16.8 Å². The van der Waals surface area contributed by atoms with Gasteiger partial charge in [-0.25, -0.2) is 16.8 Å². The average Bonchev–Trinajstić information content (AvgIpc) is 2.91. The molecule has 0 aromatic heterocycles. The highest BCUT2D eigenvalue weighted by molar-refractivity contribution is 8.05. The number of rotatable bonds is 5. The number of hydrogen-bond acceptors (Lipinski definition) is 6. The maximum atomic E-state index is 12.3. The van der Waals surface area contributed by atoms with Crippen molar-refractivity contribution in [2.24, 2.45) is 0 Å². The van der Waals surface area contributed by atoms with Gasteiger partial charge in [-0.3, -0.25) is 0 Å². The summed E-state index contributed by atoms with van der Waals surface area (Å²) in [6.45, 7) is 0.254. The molecule has 1 aliphatic rings. The van der Waals surface area contributed by atoms with Crippen LogP contribution in [0.1, 0.15) is 6.42 Å². The maximum absolute atomic E-state index is 12.3. The van der Waals surface area contributed by atoms with Gasteiger partial charge in [-0.1, -0.05) is 17.7 Å². The standard InChI is InChI=1S/C11H14ClNO6S2/c1-18-11-9(12)3-2-4-10(11)21(16,17)13-20(14,15)8-5-6-19-7-8/h2-4,8,13H,5-7H2,1H3. The summed E-state index contributed by atoms with van der Waals surface area (Å²) in [5.41, 5.74) is 0. The third-order valence-electron chi connectivity index (χ3n) is 2.98. The van der Waals surface area contributed by atoms with Crippen molar-refractivity contribution in [1.82, 2.24) is 4.13 Å². The van der Waals surface area contributed by atoms with E-state index in [1.54, 1.807) is 4.13 Å². The molecular formula is C11H14ClNO6S2. The SMILES string of the molecule is COc1c(Cl)cccc1S(=O)(=O)NS(=O)(=O)C1CCOC1. The zero-order valence-corrected chi connectivity index (χ0v) is 13.5. The van der Waals surface area contributed by atoms with Crippen molar-refractivity contribution in [3.05, 3.63) is 23.2 Å². The van der Waals surface area contributed by atoms with Crippen molar-refractivity contribution in [3.63, 3.8) is 0 Å². The van der Waals surface area contributed by atoms with E-state index >= 15 is 0 Å². The van der Waals surface area contributed by atoms with Crippen LogP contribution in [0.4, 0.5) is 0 Å². The summed E-state index contributed by atoms with van der Waals surface area (Å²) in [5.74, 6) is -0.107. The lowest BCUT2D eigenvalue weighted by molar-refractivity contribution is 0.198. The van der Waals surface area contributed by atoms with Crippen molar-refractivity contribution in [2.45, 2.75) is 16.6 Å². The largest absolute Gasteiger partial charge is 0.494 e. The van der Waals surface area contributed by atoms with Gasteiger partial charge in [0, 0.05) is 6.61 Å². The van der Waals surface area contributed by atoms with Crippen molar-refractivity contribution in [1.29, 1.82) is 0 Å². The Kier molecular flexibility index (Phi) is 4.79. The predicted octanol–water partition coefficient (Wildman–Crippen LogP) is 0.746. The summed E-state index contributed by atoms with van der Waals surface area (Å²) < 4.78 is 60.3. The van der Waals surface area contributed by atoms with Gasteiger partial charge >= 0.3 is 0 Å². The minimum Gasteiger partial charge on any atom is -0.494 e. The van der Waals surface area contributed by atoms with Crippen LogP contribution in [-0.2, 0) is 24.8 Å². The molecule has 1 N–H and O–H groups in total. The molecule has 2 rings (SSSR count). The Balaban J connectivity index is 2.37. The first-order chi connectivity index (χ1) is 9.78. The van der Waals surface area contributed by atoms with E-state index in [4.69, 9.17) is 21.1 Å². The molecule has 1 aromatic carbocycles. The molecule has 118 valence electrons. The van der Waals surface area contributed by atoms with Crippen LogP contribution in [0.25, 0.3) is 0 Å². The van der Waals surface area contributed by atoms with Crippen molar-refractivity contribution in [2.75, 3.05) is 20.3 Å². The molecule has 0 bridgehead atoms. The second-order valence-electron chi connectivity index (χ2n) is 4.39. The highest BCUT2D eigenvalue weighted by Crippen LogP contribution is 2.32. The highest BCUT2D eigenvalue weighted by Gasteiger charge is 2.35. The Morgan fingerprint density at radius 3 is 2.62 bits per heavy atom. The van der Waals surface area contributed by atoms with Crippen LogP contribution in [-0.4, -0.2) is 42.4 Å². The normalized spacial score (nSPS) is 19.6. The minimum atomic E-state index is -4.32. The molecule has 0 saturated carbocycles. The van der Waals surface area contributed by atoms with Crippen molar-refractivity contribution < 1.29 is 26.3 Å². The van der Waals surface area contributed by atoms with Crippen LogP contribution in [0.2, 0.25) is 5.02 Å². The minimum absolute atomic E-state index is 0.0302. The zero-order chi connectivity index (χ0) is 15.7. The van der Waals surface area contributed by atoms with E-state index in [1.165, 1.54) is 25.3 Å². The van der Waals surface area contributed by atoms with E-state index in [0.29, 0.717) is 0 Å². The summed E-state index contributed by atoms with van der Waals surface area (Å²) >= 11 is 5.85. The monoisotopic (exact) mass is 355 g/mol. The number of hydrogen-bond donors (Lipinski definition) is 1. The van der Waals surface area contributed by atoms with Crippen LogP contribution in [0.5, 0.6) is 5.75 Å². The molecule has 1 aliphatic heterocycles. The third kappa shape index (κ3) is 3.49. The fraction of sp³-hybridized carbons (Fsp3) is 0.455. The van der Waals surface area contributed by atoms with Gasteiger partial charge in [0.1, 0.15) is 10.1 Å². The van der Waals surface area contributed by atoms with Gasteiger partial charge < -0.3 is 9.47 Å². The van der Waals surface area contributed by atoms with E-state index in [2.05, 4.69) is 0 Å². The molecule has 1 atom stereocenters. The van der Waals surface area contributed by atoms with E-state index in [0.717, 1.165) is 0 Å². The molecule has 1 unspecified atom stereocenters. The topological polar surface area (TPSA) is 98.8 Å². The van der Waals surface area contributed by atoms with Gasteiger partial charge in [0.25, 0.3) is 10.0 Å². The number of methoxy groups -OCH3 is 1. The first-order valence-corrected chi connectivity index (χ1v) is 9.36. The second-order valence-corrected chi connectivity index (χ2v) is 8.67. The Morgan fingerprint density at radius 1 is 1.33 bits per heavy atom. The van der Waals surface area contributed by atoms with Gasteiger partial charge in [0.15, 0.2) is 5.75 Å². The summed E-state index contributed by atoms with van der Waals surface area (Å²) in [7, 11) is -7.14. The summed E-state index contributed by atoms with van der Waals surface area (Å²) in [5, 5.41) is -0.820. The van der Waals surface area contributed by atoms with Gasteiger partial charge in [0.2, 0.25) is 10.0 Å². The average molecular weight is 356 g/mol. The summed E-state index contributed by atoms with van der Waals surface area (Å²) in [6.07, 6.45) is 0.248. The molecule has 21 heavy (non-hydrogen) atoms. The third-order valence-corrected chi connectivity index (χ3v) is 7.23. The van der Waals surface area contributed by atoms with Crippen LogP contribution < -0.4 is 8.86 Å². The molecule has 1 heterocycles. The first-order valence-electron chi connectivity index (χ1n) is 5.95.